The fraction of sp³-hybridized carbons (Fsp3) is 0.273. The zero-order valence-electron chi connectivity index (χ0n) is 20.8. The van der Waals surface area contributed by atoms with E-state index < -0.39 is 22.2 Å². The first-order chi connectivity index (χ1) is 16.8. The van der Waals surface area contributed by atoms with E-state index in [-0.39, 0.29) is 39.6 Å². The predicted octanol–water partition coefficient (Wildman–Crippen LogP) is 4.27. The van der Waals surface area contributed by atoms with Gasteiger partial charge >= 0.3 is 16.8 Å². The maximum absolute atomic E-state index is 10.3. The number of nitrogens with zero attached hydrogens (tertiary/aromatic N) is 4. The number of benzene rings is 2. The monoisotopic (exact) mass is 597 g/mol. The van der Waals surface area contributed by atoms with E-state index in [1.54, 1.807) is 48.5 Å². The second-order valence-electron chi connectivity index (χ2n) is 6.80. The van der Waals surface area contributed by atoms with Crippen molar-refractivity contribution in [1.29, 1.82) is 0 Å². The van der Waals surface area contributed by atoms with Crippen molar-refractivity contribution in [3.63, 3.8) is 0 Å². The first kappa shape index (κ1) is 38.6. The van der Waals surface area contributed by atoms with Gasteiger partial charge in [0.2, 0.25) is 0 Å². The Balaban J connectivity index is -0.000000416. The van der Waals surface area contributed by atoms with Crippen molar-refractivity contribution in [2.24, 2.45) is 20.6 Å². The van der Waals surface area contributed by atoms with Crippen LogP contribution in [0.1, 0.15) is 38.8 Å². The van der Waals surface area contributed by atoms with Crippen LogP contribution in [-0.4, -0.2) is 40.4 Å². The molecular formula is C22H26CoN4O8S2-4. The predicted molar refractivity (Wildman–Crippen MR) is 143 cm³/mol. The Kier molecular flexibility index (Phi) is 23.2. The van der Waals surface area contributed by atoms with E-state index in [0.717, 1.165) is 11.1 Å². The Morgan fingerprint density at radius 1 is 0.541 bits per heavy atom. The largest absolute Gasteiger partial charge is 2.00 e. The first-order valence-corrected chi connectivity index (χ1v) is 12.0. The minimum atomic E-state index is -2.09. The van der Waals surface area contributed by atoms with E-state index >= 15 is 0 Å². The zero-order valence-corrected chi connectivity index (χ0v) is 23.5. The van der Waals surface area contributed by atoms with E-state index in [9.17, 15) is 38.4 Å². The minimum absolute atomic E-state index is 0. The van der Waals surface area contributed by atoms with Gasteiger partial charge in [-0.05, 0) is 88.0 Å². The Bertz CT molecular complexity index is 971. The third-order valence-electron chi connectivity index (χ3n) is 4.02. The minimum Gasteiger partial charge on any atom is -0.792 e. The molecule has 2 aromatic carbocycles. The summed E-state index contributed by atoms with van der Waals surface area (Å²) >= 11 is -4.17. The van der Waals surface area contributed by atoms with E-state index in [4.69, 9.17) is 0 Å². The summed E-state index contributed by atoms with van der Waals surface area (Å²) in [5.74, 6) is 0. The molecule has 2 rings (SSSR count). The van der Waals surface area contributed by atoms with Crippen molar-refractivity contribution >= 4 is 45.0 Å². The maximum atomic E-state index is 10.3. The topological polar surface area (TPSA) is 222 Å². The molecule has 15 heteroatoms. The number of hydrogen-bond donors (Lipinski definition) is 0. The Morgan fingerprint density at radius 2 is 0.730 bits per heavy atom. The zero-order chi connectivity index (χ0) is 28.3. The molecule has 0 saturated carbocycles. The molecule has 2 aromatic rings. The van der Waals surface area contributed by atoms with Gasteiger partial charge in [-0.25, -0.2) is 0 Å². The van der Waals surface area contributed by atoms with Crippen LogP contribution in [0, 0.1) is 34.7 Å². The molecule has 0 aliphatic rings. The van der Waals surface area contributed by atoms with Crippen molar-refractivity contribution in [2.45, 2.75) is 51.3 Å². The van der Waals surface area contributed by atoms with Crippen molar-refractivity contribution in [1.82, 2.24) is 0 Å². The summed E-state index contributed by atoms with van der Waals surface area (Å²) in [4.78, 5) is 0.677. The van der Waals surface area contributed by atoms with Crippen molar-refractivity contribution in [2.75, 3.05) is 0 Å². The fourth-order valence-corrected chi connectivity index (χ4v) is 2.28. The van der Waals surface area contributed by atoms with E-state index in [1.807, 2.05) is 13.8 Å². The van der Waals surface area contributed by atoms with Gasteiger partial charge in [0.25, 0.3) is 0 Å². The molecule has 2 atom stereocenters. The molecule has 2 unspecified atom stereocenters. The molecule has 12 nitrogen and oxygen atoms in total. The average Bonchev–Trinajstić information content (AvgIpc) is 2.88. The first-order valence-electron chi connectivity index (χ1n) is 9.84. The van der Waals surface area contributed by atoms with E-state index in [0.29, 0.717) is 9.79 Å². The van der Waals surface area contributed by atoms with Crippen LogP contribution < -0.4 is 0 Å². The average molecular weight is 598 g/mol. The van der Waals surface area contributed by atoms with Gasteiger partial charge in [-0.2, -0.15) is 0 Å². The van der Waals surface area contributed by atoms with Crippen LogP contribution >= 0.6 is 0 Å². The molecule has 0 aliphatic heterocycles. The Labute approximate surface area is 231 Å². The van der Waals surface area contributed by atoms with Gasteiger partial charge in [-0.15, -0.1) is 0 Å². The number of hydrogen-bond acceptors (Lipinski definition) is 12. The van der Waals surface area contributed by atoms with Crippen molar-refractivity contribution < 1.29 is 34.3 Å². The van der Waals surface area contributed by atoms with Crippen LogP contribution in [0.25, 0.3) is 0 Å². The molecule has 0 bridgehead atoms. The summed E-state index contributed by atoms with van der Waals surface area (Å²) in [6.45, 7) is 9.57. The van der Waals surface area contributed by atoms with Crippen LogP contribution in [0.5, 0.6) is 0 Å². The molecule has 0 fully saturated rings. The van der Waals surface area contributed by atoms with Crippen molar-refractivity contribution in [3.8, 4) is 0 Å². The maximum Gasteiger partial charge on any atom is 2.00 e. The number of aryl methyl sites for hydroxylation is 2. The molecule has 207 valence electrons. The normalized spacial score (nSPS) is 13.2. The van der Waals surface area contributed by atoms with Crippen LogP contribution in [0.15, 0.2) is 78.9 Å². The van der Waals surface area contributed by atoms with Gasteiger partial charge in [0.1, 0.15) is 0 Å². The summed E-state index contributed by atoms with van der Waals surface area (Å²) in [6.07, 6.45) is 0. The standard InChI is InChI=1S/2C7H8O2S.2C4H8N2O2.Co/c2*1-6-2-4-7(5-3-6)10(8)9;2*1-3(5-7)4(2)6-8;/h2*2-5H,1H3,(H,8,9);2*7-8H,1-2H3;/q;;;;+2/p-6. The fourth-order valence-electron chi connectivity index (χ4n) is 1.56. The molecule has 1 radical (unpaired) electrons. The van der Waals surface area contributed by atoms with Crippen LogP contribution in [0.2, 0.25) is 0 Å². The second-order valence-corrected chi connectivity index (χ2v) is 8.68. The second kappa shape index (κ2) is 22.3. The molecule has 0 amide bonds. The third kappa shape index (κ3) is 18.9. The molecular weight excluding hydrogens is 571 g/mol. The molecule has 0 saturated heterocycles. The Hall–Kier alpha value is -2.95. The summed E-state index contributed by atoms with van der Waals surface area (Å²) in [7, 11) is 0. The van der Waals surface area contributed by atoms with E-state index in [1.165, 1.54) is 27.7 Å². The smallest absolute Gasteiger partial charge is 0.792 e. The van der Waals surface area contributed by atoms with Crippen LogP contribution in [0.3, 0.4) is 0 Å². The summed E-state index contributed by atoms with van der Waals surface area (Å²) in [6, 6.07) is 13.4. The SMILES string of the molecule is CC(=N[O-])C(C)=N[O-].CC(=N[O-])C(C)=N[O-].Cc1ccc(S(=O)[O-])cc1.Cc1ccc(S(=O)[O-])cc1.[Co+2]. The van der Waals surface area contributed by atoms with Gasteiger partial charge in [-0.1, -0.05) is 35.4 Å². The third-order valence-corrected chi connectivity index (χ3v) is 5.34. The molecule has 37 heavy (non-hydrogen) atoms. The van der Waals surface area contributed by atoms with E-state index in [2.05, 4.69) is 20.6 Å². The van der Waals surface area contributed by atoms with Crippen molar-refractivity contribution in [3.05, 3.63) is 80.5 Å². The Morgan fingerprint density at radius 3 is 0.865 bits per heavy atom. The summed E-state index contributed by atoms with van der Waals surface area (Å²) < 4.78 is 41.2. The van der Waals surface area contributed by atoms with Crippen LogP contribution in [-0.2, 0) is 38.9 Å². The van der Waals surface area contributed by atoms with Gasteiger partial charge in [0.15, 0.2) is 0 Å². The summed E-state index contributed by atoms with van der Waals surface area (Å²) in [5.41, 5.74) is 2.68. The summed E-state index contributed by atoms with van der Waals surface area (Å²) in [5, 5.41) is 48.4. The number of rotatable bonds is 4. The van der Waals surface area contributed by atoms with Crippen LogP contribution in [0.4, 0.5) is 0 Å². The van der Waals surface area contributed by atoms with Gasteiger partial charge in [-0.3, -0.25) is 8.42 Å². The van der Waals surface area contributed by atoms with Gasteiger partial charge in [0.05, 0.1) is 0 Å². The molecule has 0 N–H and O–H groups in total. The molecule has 0 aliphatic carbocycles. The van der Waals surface area contributed by atoms with Gasteiger partial charge < -0.3 is 50.6 Å². The van der Waals surface area contributed by atoms with Gasteiger partial charge in [0, 0.05) is 32.6 Å². The molecule has 0 heterocycles. The molecule has 0 spiro atoms. The molecule has 0 aromatic heterocycles. The quantitative estimate of drug-likeness (QED) is 0.280.